The number of cyclic esters (lactones) is 1. The van der Waals surface area contributed by atoms with Crippen LogP contribution in [0.3, 0.4) is 0 Å². The molecule has 0 saturated carbocycles. The molecule has 1 saturated heterocycles. The van der Waals surface area contributed by atoms with Crippen LogP contribution in [0, 0.1) is 5.92 Å². The molecule has 0 bridgehead atoms. The normalized spacial score (nSPS) is 17.3. The number of carbonyl (C=O) groups is 3. The van der Waals surface area contributed by atoms with Crippen LogP contribution in [-0.2, 0) is 25.5 Å². The Labute approximate surface area is 169 Å². The third kappa shape index (κ3) is 6.80. The summed E-state index contributed by atoms with van der Waals surface area (Å²) in [6.07, 6.45) is -0.356. The third-order valence-corrected chi connectivity index (χ3v) is 4.34. The molecule has 0 aliphatic carbocycles. The lowest BCUT2D eigenvalue weighted by Gasteiger charge is -2.26. The van der Waals surface area contributed by atoms with Crippen molar-refractivity contribution >= 4 is 18.0 Å². The molecule has 0 spiro atoms. The van der Waals surface area contributed by atoms with E-state index in [0.717, 1.165) is 10.5 Å². The summed E-state index contributed by atoms with van der Waals surface area (Å²) in [5, 5.41) is 3.45. The Morgan fingerprint density at radius 2 is 2.03 bits per heavy atom. The Kier molecular flexibility index (Phi) is 7.61. The number of azide groups is 1. The van der Waals surface area contributed by atoms with Crippen molar-refractivity contribution in [3.63, 3.8) is 0 Å². The highest BCUT2D eigenvalue weighted by atomic mass is 16.6. The Morgan fingerprint density at radius 1 is 1.34 bits per heavy atom. The van der Waals surface area contributed by atoms with E-state index in [0.29, 0.717) is 6.42 Å². The monoisotopic (exact) mass is 402 g/mol. The molecule has 1 aliphatic rings. The number of esters is 1. The maximum atomic E-state index is 13.1. The van der Waals surface area contributed by atoms with Gasteiger partial charge in [-0.25, -0.2) is 9.69 Å². The minimum Gasteiger partial charge on any atom is -0.460 e. The van der Waals surface area contributed by atoms with E-state index in [9.17, 15) is 14.4 Å². The second kappa shape index (κ2) is 9.93. The van der Waals surface area contributed by atoms with Gasteiger partial charge in [0.15, 0.2) is 0 Å². The SMILES string of the molecule is CC(C)(C)OC(=O)C[C@H](CCN=[N+]=[N-])C(=O)N1C(=O)OCC1Cc1ccccc1. The van der Waals surface area contributed by atoms with E-state index < -0.39 is 35.5 Å². The number of ether oxygens (including phenoxy) is 2. The van der Waals surface area contributed by atoms with Crippen LogP contribution in [0.5, 0.6) is 0 Å². The van der Waals surface area contributed by atoms with Crippen LogP contribution in [0.4, 0.5) is 4.79 Å². The molecule has 1 aromatic rings. The van der Waals surface area contributed by atoms with Gasteiger partial charge in [-0.05, 0) is 44.7 Å². The number of imide groups is 1. The molecule has 0 N–H and O–H groups in total. The average Bonchev–Trinajstić information content (AvgIpc) is 3.00. The molecular weight excluding hydrogens is 376 g/mol. The topological polar surface area (TPSA) is 122 Å². The van der Waals surface area contributed by atoms with Gasteiger partial charge in [-0.15, -0.1) is 0 Å². The highest BCUT2D eigenvalue weighted by molar-refractivity contribution is 5.96. The molecule has 2 amide bonds. The number of hydrogen-bond donors (Lipinski definition) is 0. The van der Waals surface area contributed by atoms with Crippen molar-refractivity contribution in [1.29, 1.82) is 0 Å². The number of amides is 2. The number of hydrogen-bond acceptors (Lipinski definition) is 6. The molecule has 1 aliphatic heterocycles. The predicted octanol–water partition coefficient (Wildman–Crippen LogP) is 3.62. The summed E-state index contributed by atoms with van der Waals surface area (Å²) in [5.74, 6) is -1.92. The van der Waals surface area contributed by atoms with Crippen molar-refractivity contribution in [2.24, 2.45) is 11.0 Å². The molecule has 1 heterocycles. The zero-order valence-electron chi connectivity index (χ0n) is 16.9. The summed E-state index contributed by atoms with van der Waals surface area (Å²) in [4.78, 5) is 41.4. The van der Waals surface area contributed by atoms with Crippen LogP contribution in [0.1, 0.15) is 39.2 Å². The lowest BCUT2D eigenvalue weighted by molar-refractivity contribution is -0.158. The van der Waals surface area contributed by atoms with Crippen molar-refractivity contribution in [1.82, 2.24) is 4.90 Å². The molecule has 1 aromatic carbocycles. The van der Waals surface area contributed by atoms with E-state index in [-0.39, 0.29) is 26.0 Å². The molecular formula is C20H26N4O5. The summed E-state index contributed by atoms with van der Waals surface area (Å²) in [7, 11) is 0. The second-order valence-corrected chi connectivity index (χ2v) is 7.86. The first kappa shape index (κ1) is 22.2. The summed E-state index contributed by atoms with van der Waals surface area (Å²) in [5.41, 5.74) is 8.78. The van der Waals surface area contributed by atoms with Crippen LogP contribution in [0.2, 0.25) is 0 Å². The van der Waals surface area contributed by atoms with Crippen molar-refractivity contribution in [3.05, 3.63) is 46.3 Å². The second-order valence-electron chi connectivity index (χ2n) is 7.86. The molecule has 2 rings (SSSR count). The Balaban J connectivity index is 2.16. The number of rotatable bonds is 8. The van der Waals surface area contributed by atoms with E-state index in [2.05, 4.69) is 10.0 Å². The van der Waals surface area contributed by atoms with Gasteiger partial charge in [-0.1, -0.05) is 35.4 Å². The zero-order valence-corrected chi connectivity index (χ0v) is 16.9. The fourth-order valence-corrected chi connectivity index (χ4v) is 3.12. The largest absolute Gasteiger partial charge is 0.460 e. The molecule has 0 radical (unpaired) electrons. The Morgan fingerprint density at radius 3 is 2.66 bits per heavy atom. The number of benzene rings is 1. The maximum Gasteiger partial charge on any atom is 0.416 e. The molecule has 0 aromatic heterocycles. The third-order valence-electron chi connectivity index (χ3n) is 4.34. The minimum atomic E-state index is -0.848. The lowest BCUT2D eigenvalue weighted by Crippen LogP contribution is -2.44. The van der Waals surface area contributed by atoms with Gasteiger partial charge in [0.1, 0.15) is 12.2 Å². The van der Waals surface area contributed by atoms with E-state index >= 15 is 0 Å². The predicted molar refractivity (Wildman–Crippen MR) is 105 cm³/mol. The molecule has 1 fully saturated rings. The molecule has 1 unspecified atom stereocenters. The first-order valence-electron chi connectivity index (χ1n) is 9.47. The van der Waals surface area contributed by atoms with Crippen LogP contribution in [0.25, 0.3) is 10.4 Å². The van der Waals surface area contributed by atoms with Gasteiger partial charge in [-0.3, -0.25) is 9.59 Å². The van der Waals surface area contributed by atoms with Gasteiger partial charge in [0.05, 0.1) is 12.5 Å². The molecule has 2 atom stereocenters. The van der Waals surface area contributed by atoms with Gasteiger partial charge < -0.3 is 9.47 Å². The molecule has 29 heavy (non-hydrogen) atoms. The first-order valence-corrected chi connectivity index (χ1v) is 9.47. The fourth-order valence-electron chi connectivity index (χ4n) is 3.12. The number of nitrogens with zero attached hydrogens (tertiary/aromatic N) is 4. The molecule has 9 heteroatoms. The smallest absolute Gasteiger partial charge is 0.416 e. The maximum absolute atomic E-state index is 13.1. The quantitative estimate of drug-likeness (QED) is 0.284. The van der Waals surface area contributed by atoms with Gasteiger partial charge in [-0.2, -0.15) is 0 Å². The van der Waals surface area contributed by atoms with E-state index in [4.69, 9.17) is 15.0 Å². The highest BCUT2D eigenvalue weighted by Crippen LogP contribution is 2.24. The number of carbonyl (C=O) groups excluding carboxylic acids is 3. The van der Waals surface area contributed by atoms with Gasteiger partial charge in [0.2, 0.25) is 5.91 Å². The molecule has 156 valence electrons. The van der Waals surface area contributed by atoms with E-state index in [1.54, 1.807) is 20.8 Å². The Hall–Kier alpha value is -3.06. The minimum absolute atomic E-state index is 0.0297. The van der Waals surface area contributed by atoms with Crippen LogP contribution >= 0.6 is 0 Å². The van der Waals surface area contributed by atoms with Crippen molar-refractivity contribution < 1.29 is 23.9 Å². The van der Waals surface area contributed by atoms with Gasteiger partial charge in [0, 0.05) is 17.4 Å². The fraction of sp³-hybridized carbons (Fsp3) is 0.550. The van der Waals surface area contributed by atoms with Crippen molar-refractivity contribution in [2.75, 3.05) is 13.2 Å². The summed E-state index contributed by atoms with van der Waals surface area (Å²) in [6.45, 7) is 5.32. The average molecular weight is 402 g/mol. The van der Waals surface area contributed by atoms with Crippen molar-refractivity contribution in [2.45, 2.75) is 51.7 Å². The van der Waals surface area contributed by atoms with Crippen molar-refractivity contribution in [3.8, 4) is 0 Å². The zero-order chi connectivity index (χ0) is 21.4. The van der Waals surface area contributed by atoms with E-state index in [1.807, 2.05) is 30.3 Å². The first-order chi connectivity index (χ1) is 13.7. The summed E-state index contributed by atoms with van der Waals surface area (Å²) < 4.78 is 10.4. The molecule has 9 nitrogen and oxygen atoms in total. The van der Waals surface area contributed by atoms with Crippen LogP contribution in [0.15, 0.2) is 35.4 Å². The van der Waals surface area contributed by atoms with Gasteiger partial charge >= 0.3 is 12.1 Å². The van der Waals surface area contributed by atoms with Crippen LogP contribution in [-0.4, -0.2) is 47.7 Å². The lowest BCUT2D eigenvalue weighted by atomic mass is 9.97. The summed E-state index contributed by atoms with van der Waals surface area (Å²) >= 11 is 0. The van der Waals surface area contributed by atoms with Gasteiger partial charge in [0.25, 0.3) is 0 Å². The van der Waals surface area contributed by atoms with E-state index in [1.165, 1.54) is 0 Å². The standard InChI is InChI=1S/C20H26N4O5/c1-20(2,3)29-17(25)12-15(9-10-22-23-21)18(26)24-16(13-28-19(24)27)11-14-7-5-4-6-8-14/h4-8,15-16H,9-13H2,1-3H3/t15-,16?/m0/s1. The van der Waals surface area contributed by atoms with Crippen LogP contribution < -0.4 is 0 Å². The summed E-state index contributed by atoms with van der Waals surface area (Å²) in [6, 6.07) is 9.00. The highest BCUT2D eigenvalue weighted by Gasteiger charge is 2.41. The Bertz CT molecular complexity index is 784.